The fourth-order valence-electron chi connectivity index (χ4n) is 1.16. The molecule has 6 heteroatoms. The normalized spacial score (nSPS) is 16.9. The van der Waals surface area contributed by atoms with Gasteiger partial charge in [-0.15, -0.1) is 8.78 Å². The summed E-state index contributed by atoms with van der Waals surface area (Å²) in [5.41, 5.74) is 0. The molecule has 3 nitrogen and oxygen atoms in total. The molecule has 0 N–H and O–H groups in total. The monoisotopic (exact) mass is 266 g/mol. The molecule has 0 amide bonds. The average Bonchev–Trinajstić information content (AvgIpc) is 2.39. The van der Waals surface area contributed by atoms with Gasteiger partial charge < -0.3 is 14.2 Å². The lowest BCUT2D eigenvalue weighted by atomic mass is 10.3. The van der Waals surface area contributed by atoms with Crippen LogP contribution < -0.4 is 14.2 Å². The van der Waals surface area contributed by atoms with Crippen molar-refractivity contribution in [3.05, 3.63) is 16.6 Å². The molecule has 1 heterocycles. The molecule has 14 heavy (non-hydrogen) atoms. The third-order valence-corrected chi connectivity index (χ3v) is 2.31. The van der Waals surface area contributed by atoms with E-state index in [1.54, 1.807) is 6.07 Å². The minimum absolute atomic E-state index is 0.0324. The number of hydrogen-bond donors (Lipinski definition) is 0. The summed E-state index contributed by atoms with van der Waals surface area (Å²) in [6.45, 7) is 0. The number of hydrogen-bond acceptors (Lipinski definition) is 3. The number of halogens is 3. The van der Waals surface area contributed by atoms with Crippen molar-refractivity contribution in [3.63, 3.8) is 0 Å². The minimum Gasteiger partial charge on any atom is -0.492 e. The first kappa shape index (κ1) is 9.51. The van der Waals surface area contributed by atoms with E-state index in [1.807, 2.05) is 0 Å². The second-order valence-electron chi connectivity index (χ2n) is 2.58. The Morgan fingerprint density at radius 3 is 2.71 bits per heavy atom. The molecule has 1 aromatic carbocycles. The molecule has 1 aliphatic rings. The Labute approximate surface area is 86.7 Å². The van der Waals surface area contributed by atoms with E-state index >= 15 is 0 Å². The van der Waals surface area contributed by atoms with Crippen LogP contribution >= 0.6 is 15.9 Å². The maximum atomic E-state index is 12.7. The van der Waals surface area contributed by atoms with Gasteiger partial charge >= 0.3 is 6.29 Å². The van der Waals surface area contributed by atoms with Gasteiger partial charge in [-0.3, -0.25) is 0 Å². The molecule has 0 aromatic heterocycles. The van der Waals surface area contributed by atoms with E-state index < -0.39 is 6.29 Å². The minimum atomic E-state index is -3.61. The molecule has 2 rings (SSSR count). The highest BCUT2D eigenvalue weighted by atomic mass is 79.9. The lowest BCUT2D eigenvalue weighted by Gasteiger charge is -2.06. The van der Waals surface area contributed by atoms with Crippen LogP contribution in [-0.2, 0) is 0 Å². The molecule has 0 fully saturated rings. The van der Waals surface area contributed by atoms with Crippen LogP contribution in [-0.4, -0.2) is 13.4 Å². The number of methoxy groups -OCH3 is 1. The van der Waals surface area contributed by atoms with E-state index in [9.17, 15) is 8.78 Å². The van der Waals surface area contributed by atoms with Crippen molar-refractivity contribution < 1.29 is 23.0 Å². The summed E-state index contributed by atoms with van der Waals surface area (Å²) in [7, 11) is 1.36. The molecule has 0 atom stereocenters. The van der Waals surface area contributed by atoms with Crippen LogP contribution in [0.4, 0.5) is 8.78 Å². The fraction of sp³-hybridized carbons (Fsp3) is 0.250. The van der Waals surface area contributed by atoms with Gasteiger partial charge in [-0.25, -0.2) is 0 Å². The van der Waals surface area contributed by atoms with Crippen LogP contribution in [0.5, 0.6) is 17.2 Å². The van der Waals surface area contributed by atoms with Crippen molar-refractivity contribution in [1.82, 2.24) is 0 Å². The maximum absolute atomic E-state index is 12.7. The molecule has 0 radical (unpaired) electrons. The van der Waals surface area contributed by atoms with Crippen LogP contribution in [0.25, 0.3) is 0 Å². The average molecular weight is 267 g/mol. The van der Waals surface area contributed by atoms with Gasteiger partial charge in [-0.1, -0.05) is 0 Å². The van der Waals surface area contributed by atoms with Crippen LogP contribution in [0.3, 0.4) is 0 Å². The molecule has 0 saturated heterocycles. The van der Waals surface area contributed by atoms with E-state index in [-0.39, 0.29) is 17.2 Å². The van der Waals surface area contributed by atoms with Gasteiger partial charge in [0.1, 0.15) is 0 Å². The van der Waals surface area contributed by atoms with Crippen molar-refractivity contribution in [1.29, 1.82) is 0 Å². The van der Waals surface area contributed by atoms with E-state index in [1.165, 1.54) is 13.2 Å². The van der Waals surface area contributed by atoms with Gasteiger partial charge in [0.05, 0.1) is 11.6 Å². The quantitative estimate of drug-likeness (QED) is 0.783. The van der Waals surface area contributed by atoms with Crippen LogP contribution in [0.2, 0.25) is 0 Å². The fourth-order valence-corrected chi connectivity index (χ4v) is 1.63. The highest BCUT2D eigenvalue weighted by Crippen LogP contribution is 2.49. The molecule has 0 saturated carbocycles. The van der Waals surface area contributed by atoms with Crippen LogP contribution in [0, 0.1) is 0 Å². The van der Waals surface area contributed by atoms with Crippen molar-refractivity contribution in [2.24, 2.45) is 0 Å². The maximum Gasteiger partial charge on any atom is 0.586 e. The molecule has 0 spiro atoms. The second kappa shape index (κ2) is 2.98. The molecular weight excluding hydrogens is 262 g/mol. The molecule has 1 aromatic rings. The van der Waals surface area contributed by atoms with Gasteiger partial charge in [0.25, 0.3) is 0 Å². The largest absolute Gasteiger partial charge is 0.586 e. The Balaban J connectivity index is 2.52. The van der Waals surface area contributed by atoms with Crippen molar-refractivity contribution >= 4 is 15.9 Å². The zero-order valence-corrected chi connectivity index (χ0v) is 8.60. The lowest BCUT2D eigenvalue weighted by Crippen LogP contribution is -2.26. The highest BCUT2D eigenvalue weighted by Gasteiger charge is 2.45. The predicted octanol–water partition coefficient (Wildman–Crippen LogP) is 2.78. The third kappa shape index (κ3) is 1.39. The summed E-state index contributed by atoms with van der Waals surface area (Å²) in [6, 6.07) is 2.92. The Morgan fingerprint density at radius 2 is 2.07 bits per heavy atom. The molecule has 0 aliphatic carbocycles. The van der Waals surface area contributed by atoms with E-state index in [0.717, 1.165) is 0 Å². The summed E-state index contributed by atoms with van der Waals surface area (Å²) in [4.78, 5) is 0. The Bertz CT molecular complexity index is 381. The topological polar surface area (TPSA) is 27.7 Å². The molecule has 1 aliphatic heterocycles. The molecule has 0 unspecified atom stereocenters. The number of ether oxygens (including phenoxy) is 3. The zero-order chi connectivity index (χ0) is 10.3. The Hall–Kier alpha value is -1.04. The van der Waals surface area contributed by atoms with E-state index in [0.29, 0.717) is 4.47 Å². The smallest absolute Gasteiger partial charge is 0.492 e. The van der Waals surface area contributed by atoms with Gasteiger partial charge in [0, 0.05) is 0 Å². The zero-order valence-electron chi connectivity index (χ0n) is 7.01. The van der Waals surface area contributed by atoms with Crippen molar-refractivity contribution in [3.8, 4) is 17.2 Å². The first-order chi connectivity index (χ1) is 6.53. The lowest BCUT2D eigenvalue weighted by molar-refractivity contribution is -0.287. The second-order valence-corrected chi connectivity index (χ2v) is 3.43. The highest BCUT2D eigenvalue weighted by molar-refractivity contribution is 9.10. The SMILES string of the molecule is COc1c(Br)ccc2c1OC(F)(F)O2. The number of alkyl halides is 2. The number of fused-ring (bicyclic) bond motifs is 1. The van der Waals surface area contributed by atoms with Crippen molar-refractivity contribution in [2.75, 3.05) is 7.11 Å². The molecule has 76 valence electrons. The van der Waals surface area contributed by atoms with Gasteiger partial charge in [0.2, 0.25) is 5.75 Å². The van der Waals surface area contributed by atoms with Gasteiger partial charge in [-0.2, -0.15) is 0 Å². The van der Waals surface area contributed by atoms with Gasteiger partial charge in [0.15, 0.2) is 11.5 Å². The van der Waals surface area contributed by atoms with Gasteiger partial charge in [-0.05, 0) is 28.1 Å². The van der Waals surface area contributed by atoms with Crippen LogP contribution in [0.1, 0.15) is 0 Å². The third-order valence-electron chi connectivity index (χ3n) is 1.68. The summed E-state index contributed by atoms with van der Waals surface area (Å²) < 4.78 is 39.3. The predicted molar refractivity (Wildman–Crippen MR) is 46.9 cm³/mol. The van der Waals surface area contributed by atoms with E-state index in [4.69, 9.17) is 4.74 Å². The van der Waals surface area contributed by atoms with Crippen LogP contribution in [0.15, 0.2) is 16.6 Å². The molecular formula is C8H5BrF2O3. The Morgan fingerprint density at radius 1 is 1.36 bits per heavy atom. The Kier molecular flexibility index (Phi) is 2.02. The van der Waals surface area contributed by atoms with E-state index in [2.05, 4.69) is 25.4 Å². The summed E-state index contributed by atoms with van der Waals surface area (Å²) in [5.74, 6) is 0.0709. The number of rotatable bonds is 1. The number of benzene rings is 1. The summed E-state index contributed by atoms with van der Waals surface area (Å²) >= 11 is 3.14. The standard InChI is InChI=1S/C8H5BrF2O3/c1-12-6-4(9)2-3-5-7(6)14-8(10,11)13-5/h2-3H,1H3. The summed E-state index contributed by atoms with van der Waals surface area (Å²) in [6.07, 6.45) is -3.61. The first-order valence-corrected chi connectivity index (χ1v) is 4.45. The van der Waals surface area contributed by atoms with Crippen molar-refractivity contribution in [2.45, 2.75) is 6.29 Å². The first-order valence-electron chi connectivity index (χ1n) is 3.66. The molecule has 0 bridgehead atoms. The summed E-state index contributed by atoms with van der Waals surface area (Å²) in [5, 5.41) is 0.